The van der Waals surface area contributed by atoms with Crippen molar-refractivity contribution in [1.29, 1.82) is 0 Å². The molecule has 0 aromatic carbocycles. The van der Waals surface area contributed by atoms with E-state index in [-0.39, 0.29) is 25.7 Å². The quantitative estimate of drug-likeness (QED) is 0.0222. The molecule has 0 bridgehead atoms. The SMILES string of the molecule is CCCCCCCCCCCCCCCCCCCCCCCC(=O)O[C@H](COC(=O)CCCCCCCCCCC(C)CC)COP(=O)(O)OC[C@@H](O)COP(=O)(O)OC[C@@H](COC(=O)CCCCCCCCC(C)CC)OC(=O)CCCCCCCCCCC(C)C. The van der Waals surface area contributed by atoms with E-state index in [1.807, 2.05) is 0 Å². The fraction of sp³-hybridized carbons (Fsp3) is 0.947. The Morgan fingerprint density at radius 2 is 0.543 bits per heavy atom. The fourth-order valence-corrected chi connectivity index (χ4v) is 12.9. The molecule has 0 amide bonds. The molecule has 0 aromatic heterocycles. The van der Waals surface area contributed by atoms with Crippen molar-refractivity contribution < 1.29 is 80.2 Å². The smallest absolute Gasteiger partial charge is 0.462 e. The molecular formula is C75H146O17P2. The predicted molar refractivity (Wildman–Crippen MR) is 381 cm³/mol. The van der Waals surface area contributed by atoms with Crippen LogP contribution in [0.1, 0.15) is 382 Å². The van der Waals surface area contributed by atoms with Crippen LogP contribution in [0.3, 0.4) is 0 Å². The Morgan fingerprint density at radius 3 is 0.809 bits per heavy atom. The minimum Gasteiger partial charge on any atom is -0.462 e. The summed E-state index contributed by atoms with van der Waals surface area (Å²) in [5, 5.41) is 10.6. The van der Waals surface area contributed by atoms with Gasteiger partial charge in [0.15, 0.2) is 12.2 Å². The molecule has 558 valence electrons. The number of ether oxygens (including phenoxy) is 4. The van der Waals surface area contributed by atoms with E-state index in [1.165, 1.54) is 186 Å². The molecule has 0 heterocycles. The van der Waals surface area contributed by atoms with Crippen molar-refractivity contribution in [2.75, 3.05) is 39.6 Å². The summed E-state index contributed by atoms with van der Waals surface area (Å²) in [5.41, 5.74) is 0. The van der Waals surface area contributed by atoms with Crippen molar-refractivity contribution in [3.05, 3.63) is 0 Å². The molecule has 0 spiro atoms. The van der Waals surface area contributed by atoms with Crippen molar-refractivity contribution in [3.8, 4) is 0 Å². The number of esters is 4. The van der Waals surface area contributed by atoms with Gasteiger partial charge in [0.25, 0.3) is 0 Å². The number of phosphoric ester groups is 2. The molecular weight excluding hydrogens is 1230 g/mol. The first kappa shape index (κ1) is 92.1. The van der Waals surface area contributed by atoms with Gasteiger partial charge in [-0.1, -0.05) is 331 Å². The Kier molecular flexibility index (Phi) is 64.3. The summed E-state index contributed by atoms with van der Waals surface area (Å²) in [4.78, 5) is 72.7. The zero-order valence-corrected chi connectivity index (χ0v) is 63.2. The minimum atomic E-state index is -4.96. The van der Waals surface area contributed by atoms with E-state index in [2.05, 4.69) is 48.5 Å². The lowest BCUT2D eigenvalue weighted by molar-refractivity contribution is -0.161. The van der Waals surface area contributed by atoms with Gasteiger partial charge in [0.1, 0.15) is 19.3 Å². The lowest BCUT2D eigenvalue weighted by atomic mass is 9.99. The average molecular weight is 1380 g/mol. The number of carbonyl (C=O) groups excluding carboxylic acids is 4. The highest BCUT2D eigenvalue weighted by molar-refractivity contribution is 7.47. The van der Waals surface area contributed by atoms with Crippen LogP contribution in [0, 0.1) is 17.8 Å². The van der Waals surface area contributed by atoms with E-state index < -0.39 is 97.5 Å². The van der Waals surface area contributed by atoms with Crippen molar-refractivity contribution in [2.45, 2.75) is 401 Å². The highest BCUT2D eigenvalue weighted by Gasteiger charge is 2.30. The number of hydrogen-bond acceptors (Lipinski definition) is 15. The molecule has 0 saturated carbocycles. The van der Waals surface area contributed by atoms with Gasteiger partial charge in [0, 0.05) is 25.7 Å². The summed E-state index contributed by atoms with van der Waals surface area (Å²) >= 11 is 0. The minimum absolute atomic E-state index is 0.103. The van der Waals surface area contributed by atoms with Gasteiger partial charge in [0.2, 0.25) is 0 Å². The van der Waals surface area contributed by atoms with E-state index in [1.54, 1.807) is 0 Å². The van der Waals surface area contributed by atoms with Crippen molar-refractivity contribution in [1.82, 2.24) is 0 Å². The van der Waals surface area contributed by atoms with Gasteiger partial charge in [-0.05, 0) is 43.4 Å². The summed E-state index contributed by atoms with van der Waals surface area (Å²) < 4.78 is 68.4. The fourth-order valence-electron chi connectivity index (χ4n) is 11.4. The standard InChI is InChI=1S/C75H146O17P2/c1-8-11-12-13-14-15-16-17-18-19-20-21-22-23-24-25-26-27-35-44-51-58-74(79)91-70(62-85-72(77)56-49-42-34-31-29-33-40-47-54-67(6)9-2)64-89-93(81,82)87-60-69(76)61-88-94(83,84)90-65-71(63-86-73(78)57-50-43-38-37-41-48-55-68(7)10-3)92-75(80)59-52-45-36-30-28-32-39-46-53-66(4)5/h66-71,76H,8-65H2,1-7H3,(H,81,82)(H,83,84)/t67?,68?,69-,70-,71-/m1/s1. The van der Waals surface area contributed by atoms with E-state index in [9.17, 15) is 43.2 Å². The number of aliphatic hydroxyl groups is 1. The molecule has 0 saturated heterocycles. The third-order valence-corrected chi connectivity index (χ3v) is 20.0. The molecule has 0 rings (SSSR count). The number of phosphoric acid groups is 2. The molecule has 4 unspecified atom stereocenters. The van der Waals surface area contributed by atoms with E-state index in [0.717, 1.165) is 114 Å². The maximum Gasteiger partial charge on any atom is 0.472 e. The topological polar surface area (TPSA) is 237 Å². The van der Waals surface area contributed by atoms with Gasteiger partial charge in [-0.2, -0.15) is 0 Å². The number of aliphatic hydroxyl groups excluding tert-OH is 1. The molecule has 17 nitrogen and oxygen atoms in total. The van der Waals surface area contributed by atoms with E-state index in [4.69, 9.17) is 37.0 Å². The Hall–Kier alpha value is -1.94. The van der Waals surface area contributed by atoms with E-state index in [0.29, 0.717) is 25.7 Å². The molecule has 94 heavy (non-hydrogen) atoms. The zero-order chi connectivity index (χ0) is 69.4. The van der Waals surface area contributed by atoms with Gasteiger partial charge in [-0.3, -0.25) is 37.3 Å². The average Bonchev–Trinajstić information content (AvgIpc) is 1.75. The molecule has 0 aliphatic heterocycles. The Morgan fingerprint density at radius 1 is 0.309 bits per heavy atom. The molecule has 0 aromatic rings. The second-order valence-corrected chi connectivity index (χ2v) is 30.9. The zero-order valence-electron chi connectivity index (χ0n) is 61.4. The van der Waals surface area contributed by atoms with Crippen molar-refractivity contribution in [2.24, 2.45) is 17.8 Å². The van der Waals surface area contributed by atoms with Crippen LogP contribution >= 0.6 is 15.6 Å². The van der Waals surface area contributed by atoms with Gasteiger partial charge in [0.05, 0.1) is 26.4 Å². The maximum atomic E-state index is 13.1. The number of unbranched alkanes of at least 4 members (excludes halogenated alkanes) is 39. The van der Waals surface area contributed by atoms with Gasteiger partial charge in [-0.25, -0.2) is 9.13 Å². The predicted octanol–water partition coefficient (Wildman–Crippen LogP) is 21.8. The summed E-state index contributed by atoms with van der Waals surface area (Å²) in [6.45, 7) is 11.8. The van der Waals surface area contributed by atoms with Crippen molar-refractivity contribution in [3.63, 3.8) is 0 Å². The molecule has 0 radical (unpaired) electrons. The normalized spacial score (nSPS) is 14.7. The first-order valence-electron chi connectivity index (χ1n) is 38.9. The molecule has 3 N–H and O–H groups in total. The maximum absolute atomic E-state index is 13.1. The monoisotopic (exact) mass is 1380 g/mol. The van der Waals surface area contributed by atoms with Gasteiger partial charge >= 0.3 is 39.5 Å². The molecule has 0 aliphatic rings. The molecule has 7 atom stereocenters. The first-order valence-corrected chi connectivity index (χ1v) is 41.9. The number of rotatable bonds is 73. The molecule has 19 heteroatoms. The third kappa shape index (κ3) is 66.0. The lowest BCUT2D eigenvalue weighted by Gasteiger charge is -2.21. The van der Waals surface area contributed by atoms with Gasteiger partial charge < -0.3 is 33.8 Å². The summed E-state index contributed by atoms with van der Waals surface area (Å²) in [6, 6.07) is 0. The summed E-state index contributed by atoms with van der Waals surface area (Å²) in [5.74, 6) is 0.102. The van der Waals surface area contributed by atoms with Crippen LogP contribution in [-0.2, 0) is 65.4 Å². The Labute approximate surface area is 575 Å². The lowest BCUT2D eigenvalue weighted by Crippen LogP contribution is -2.30. The second-order valence-electron chi connectivity index (χ2n) is 28.0. The highest BCUT2D eigenvalue weighted by atomic mass is 31.2. The Balaban J connectivity index is 5.20. The van der Waals surface area contributed by atoms with Crippen molar-refractivity contribution >= 4 is 39.5 Å². The summed E-state index contributed by atoms with van der Waals surface area (Å²) in [7, 11) is -9.91. The van der Waals surface area contributed by atoms with E-state index >= 15 is 0 Å². The first-order chi connectivity index (χ1) is 45.3. The summed E-state index contributed by atoms with van der Waals surface area (Å²) in [6.07, 6.45) is 51.6. The highest BCUT2D eigenvalue weighted by Crippen LogP contribution is 2.45. The van der Waals surface area contributed by atoms with Crippen LogP contribution < -0.4 is 0 Å². The number of carbonyl (C=O) groups is 4. The van der Waals surface area contributed by atoms with Crippen LogP contribution in [0.5, 0.6) is 0 Å². The van der Waals surface area contributed by atoms with Crippen LogP contribution in [0.15, 0.2) is 0 Å². The number of hydrogen-bond donors (Lipinski definition) is 3. The molecule has 0 fully saturated rings. The second kappa shape index (κ2) is 65.7. The largest absolute Gasteiger partial charge is 0.472 e. The van der Waals surface area contributed by atoms with Crippen LogP contribution in [-0.4, -0.2) is 96.7 Å². The van der Waals surface area contributed by atoms with Gasteiger partial charge in [-0.15, -0.1) is 0 Å². The third-order valence-electron chi connectivity index (χ3n) is 18.1. The van der Waals surface area contributed by atoms with Crippen LogP contribution in [0.2, 0.25) is 0 Å². The molecule has 0 aliphatic carbocycles. The van der Waals surface area contributed by atoms with Crippen LogP contribution in [0.4, 0.5) is 0 Å². The Bertz CT molecular complexity index is 1840. The van der Waals surface area contributed by atoms with Crippen LogP contribution in [0.25, 0.3) is 0 Å².